The molecule has 2 unspecified atom stereocenters. The average molecular weight is 601 g/mol. The van der Waals surface area contributed by atoms with Crippen molar-refractivity contribution >= 4 is 23.7 Å². The van der Waals surface area contributed by atoms with Crippen LogP contribution in [0.3, 0.4) is 0 Å². The quantitative estimate of drug-likeness (QED) is 0.268. The van der Waals surface area contributed by atoms with Gasteiger partial charge >= 0.3 is 0 Å². The number of carbonyl (C=O) groups excluding carboxylic acids is 2. The van der Waals surface area contributed by atoms with Gasteiger partial charge in [-0.3, -0.25) is 9.79 Å². The second kappa shape index (κ2) is 14.2. The van der Waals surface area contributed by atoms with Crippen LogP contribution >= 0.6 is 0 Å². The molecule has 0 amide bonds. The van der Waals surface area contributed by atoms with Crippen LogP contribution in [0.5, 0.6) is 11.5 Å². The molecule has 44 heavy (non-hydrogen) atoms. The first-order chi connectivity index (χ1) is 21.3. The van der Waals surface area contributed by atoms with E-state index in [-0.39, 0.29) is 11.6 Å². The van der Waals surface area contributed by atoms with Crippen LogP contribution in [0.4, 0.5) is 10.1 Å². The topological polar surface area (TPSA) is 92.5 Å². The van der Waals surface area contributed by atoms with Gasteiger partial charge in [0, 0.05) is 48.5 Å². The summed E-state index contributed by atoms with van der Waals surface area (Å²) in [7, 11) is 0. The number of aliphatic imine (C=N–C) groups is 1. The van der Waals surface area contributed by atoms with Crippen molar-refractivity contribution in [3.05, 3.63) is 77.1 Å². The zero-order chi connectivity index (χ0) is 31.2. The van der Waals surface area contributed by atoms with Crippen LogP contribution in [-0.4, -0.2) is 43.8 Å². The number of carbonyl (C=O) groups is 2. The van der Waals surface area contributed by atoms with Gasteiger partial charge in [0.2, 0.25) is 0 Å². The molecule has 6 rings (SSSR count). The number of fused-ring (bicyclic) bond motifs is 2. The minimum Gasteiger partial charge on any atom is -0.554 e. The number of halogens is 1. The summed E-state index contributed by atoms with van der Waals surface area (Å²) >= 11 is 0. The summed E-state index contributed by atoms with van der Waals surface area (Å²) in [6, 6.07) is 17.4. The van der Waals surface area contributed by atoms with Gasteiger partial charge in [-0.2, -0.15) is 0 Å². The number of ketones is 1. The molecule has 0 aromatic heterocycles. The average Bonchev–Trinajstić information content (AvgIpc) is 3.70. The van der Waals surface area contributed by atoms with Gasteiger partial charge in [-0.05, 0) is 81.0 Å². The molecule has 1 N–H and O–H groups in total. The van der Waals surface area contributed by atoms with Crippen molar-refractivity contribution in [1.82, 2.24) is 0 Å². The molecular formula is C36H41FN2O5. The number of quaternary nitrogens is 1. The molecule has 0 spiro atoms. The molecule has 8 heteroatoms. The number of benzene rings is 3. The van der Waals surface area contributed by atoms with Crippen LogP contribution in [0.2, 0.25) is 0 Å². The van der Waals surface area contributed by atoms with Crippen LogP contribution in [0.15, 0.2) is 59.6 Å². The van der Waals surface area contributed by atoms with Gasteiger partial charge in [0.15, 0.2) is 5.78 Å². The highest BCUT2D eigenvalue weighted by Gasteiger charge is 2.47. The first kappa shape index (κ1) is 31.4. The molecule has 3 aromatic rings. The summed E-state index contributed by atoms with van der Waals surface area (Å²) in [5, 5.41) is 8.25. The molecule has 0 bridgehead atoms. The number of nitrogens with one attached hydrogen (secondary N) is 1. The highest BCUT2D eigenvalue weighted by molar-refractivity contribution is 5.99. The molecule has 2 heterocycles. The van der Waals surface area contributed by atoms with Gasteiger partial charge in [0.1, 0.15) is 23.9 Å². The Morgan fingerprint density at radius 1 is 1.02 bits per heavy atom. The summed E-state index contributed by atoms with van der Waals surface area (Å²) in [4.78, 5) is 27.8. The molecule has 3 aliphatic rings. The van der Waals surface area contributed by atoms with Crippen molar-refractivity contribution < 1.29 is 33.5 Å². The largest absolute Gasteiger partial charge is 0.554 e. The monoisotopic (exact) mass is 600 g/mol. The maximum absolute atomic E-state index is 13.7. The van der Waals surface area contributed by atoms with Gasteiger partial charge in [0.25, 0.3) is 0 Å². The van der Waals surface area contributed by atoms with E-state index in [9.17, 15) is 9.18 Å². The number of Topliss-reactive ketones (excluding diaryl/α,β-unsaturated/α-hetero) is 1. The summed E-state index contributed by atoms with van der Waals surface area (Å²) in [5.74, 6) is 2.58. The third kappa shape index (κ3) is 6.86. The molecule has 2 aliphatic heterocycles. The number of hydrogen-bond acceptors (Lipinski definition) is 6. The zero-order valence-electron chi connectivity index (χ0n) is 25.7. The van der Waals surface area contributed by atoms with Crippen LogP contribution in [-0.2, 0) is 17.8 Å². The summed E-state index contributed by atoms with van der Waals surface area (Å²) in [6.45, 7) is 8.59. The molecule has 1 saturated heterocycles. The van der Waals surface area contributed by atoms with Crippen molar-refractivity contribution in [1.29, 1.82) is 0 Å². The van der Waals surface area contributed by atoms with Gasteiger partial charge in [-0.1, -0.05) is 24.3 Å². The lowest BCUT2D eigenvalue weighted by atomic mass is 9.87. The predicted molar refractivity (Wildman–Crippen MR) is 166 cm³/mol. The lowest BCUT2D eigenvalue weighted by Gasteiger charge is -2.23. The Morgan fingerprint density at radius 2 is 1.70 bits per heavy atom. The number of carboxylic acid groups (broad SMARTS) is 1. The molecule has 4 atom stereocenters. The Kier molecular flexibility index (Phi) is 10.1. The molecule has 1 saturated carbocycles. The van der Waals surface area contributed by atoms with Crippen molar-refractivity contribution in [2.45, 2.75) is 65.5 Å². The van der Waals surface area contributed by atoms with E-state index in [1.165, 1.54) is 23.3 Å². The number of rotatable bonds is 10. The third-order valence-electron chi connectivity index (χ3n) is 9.20. The van der Waals surface area contributed by atoms with E-state index in [4.69, 9.17) is 19.4 Å². The van der Waals surface area contributed by atoms with Gasteiger partial charge in [0.05, 0.1) is 37.1 Å². The molecule has 7 nitrogen and oxygen atoms in total. The molecule has 2 fully saturated rings. The first-order valence-corrected chi connectivity index (χ1v) is 15.6. The second-order valence-corrected chi connectivity index (χ2v) is 11.9. The summed E-state index contributed by atoms with van der Waals surface area (Å²) in [6.07, 6.45) is 4.96. The minimum absolute atomic E-state index is 0.255. The highest BCUT2D eigenvalue weighted by Crippen LogP contribution is 2.41. The van der Waals surface area contributed by atoms with Crippen molar-refractivity contribution in [2.75, 3.05) is 19.8 Å². The molecule has 232 valence electrons. The van der Waals surface area contributed by atoms with Crippen LogP contribution in [0.25, 0.3) is 11.1 Å². The van der Waals surface area contributed by atoms with E-state index < -0.39 is 6.47 Å². The SMILES string of the molecule is CCOc1cc(C[NH+]2CC[C@H]3C(CC(=O)c4ccc5c(c4)N=C(C)C5)CC[C@H]32)cc(OCC)c1-c1ccc(F)cc1.O=C[O-]. The van der Waals surface area contributed by atoms with Crippen LogP contribution < -0.4 is 19.5 Å². The van der Waals surface area contributed by atoms with E-state index in [2.05, 4.69) is 23.2 Å². The number of ether oxygens (including phenoxy) is 2. The Balaban J connectivity index is 0.00000123. The lowest BCUT2D eigenvalue weighted by Crippen LogP contribution is -3.12. The molecular weight excluding hydrogens is 559 g/mol. The zero-order valence-corrected chi connectivity index (χ0v) is 25.7. The van der Waals surface area contributed by atoms with E-state index in [0.717, 1.165) is 78.4 Å². The Morgan fingerprint density at radius 3 is 2.36 bits per heavy atom. The first-order valence-electron chi connectivity index (χ1n) is 15.6. The smallest absolute Gasteiger partial charge is 0.163 e. The Bertz CT molecular complexity index is 1490. The third-order valence-corrected chi connectivity index (χ3v) is 9.20. The minimum atomic E-state index is -0.500. The van der Waals surface area contributed by atoms with Gasteiger partial charge in [-0.25, -0.2) is 4.39 Å². The van der Waals surface area contributed by atoms with Crippen molar-refractivity contribution in [2.24, 2.45) is 16.8 Å². The van der Waals surface area contributed by atoms with E-state index in [0.29, 0.717) is 37.5 Å². The van der Waals surface area contributed by atoms with E-state index in [1.54, 1.807) is 17.0 Å². The van der Waals surface area contributed by atoms with Crippen LogP contribution in [0.1, 0.15) is 67.9 Å². The maximum Gasteiger partial charge on any atom is 0.163 e. The fraction of sp³-hybridized carbons (Fsp3) is 0.417. The number of likely N-dealkylation sites (tertiary alicyclic amines) is 1. The van der Waals surface area contributed by atoms with E-state index >= 15 is 0 Å². The van der Waals surface area contributed by atoms with E-state index in [1.807, 2.05) is 32.9 Å². The lowest BCUT2D eigenvalue weighted by molar-refractivity contribution is -0.927. The predicted octanol–water partition coefficient (Wildman–Crippen LogP) is 4.76. The number of nitrogens with zero attached hydrogens (tertiary/aromatic N) is 1. The summed E-state index contributed by atoms with van der Waals surface area (Å²) < 4.78 is 25.9. The Hall–Kier alpha value is -4.04. The standard InChI is InChI=1S/C35H39FN2O3.CH2O2/c1-4-40-33-17-23(18-34(41-5-2)35(33)24-8-11-28(36)12-9-24)21-38-15-14-29-25(10-13-31(29)38)20-32(39)27-7-6-26-16-22(3)37-30(26)19-27;2-1-3/h6-9,11-12,17-19,25,29,31H,4-5,10,13-16,20-21H2,1-3H3;1H,(H,2,3)/t25?,29-,31+;/m0./s1. The van der Waals surface area contributed by atoms with Crippen LogP contribution in [0, 0.1) is 17.7 Å². The fourth-order valence-electron chi connectivity index (χ4n) is 7.42. The van der Waals surface area contributed by atoms with Gasteiger partial charge in [-0.15, -0.1) is 0 Å². The molecule has 0 radical (unpaired) electrons. The van der Waals surface area contributed by atoms with Crippen molar-refractivity contribution in [3.63, 3.8) is 0 Å². The molecule has 3 aromatic carbocycles. The molecule has 1 aliphatic carbocycles. The second-order valence-electron chi connectivity index (χ2n) is 11.9. The Labute approximate surface area is 258 Å². The maximum atomic E-state index is 13.7. The number of hydrogen-bond donors (Lipinski definition) is 1. The highest BCUT2D eigenvalue weighted by atomic mass is 19.1. The van der Waals surface area contributed by atoms with Gasteiger partial charge < -0.3 is 24.3 Å². The fourth-order valence-corrected chi connectivity index (χ4v) is 7.42. The van der Waals surface area contributed by atoms with Crippen molar-refractivity contribution in [3.8, 4) is 22.6 Å². The normalized spacial score (nSPS) is 21.5. The summed E-state index contributed by atoms with van der Waals surface area (Å²) in [5.41, 5.74) is 7.06.